The van der Waals surface area contributed by atoms with E-state index in [0.29, 0.717) is 10.8 Å². The molecule has 0 aliphatic heterocycles. The van der Waals surface area contributed by atoms with Gasteiger partial charge in [0.1, 0.15) is 0 Å². The van der Waals surface area contributed by atoms with Crippen molar-refractivity contribution in [3.05, 3.63) is 23.3 Å². The summed E-state index contributed by atoms with van der Waals surface area (Å²) < 4.78 is 0. The molecule has 0 aromatic rings. The fourth-order valence-electron chi connectivity index (χ4n) is 4.98. The molecule has 0 saturated heterocycles. The van der Waals surface area contributed by atoms with Gasteiger partial charge in [-0.1, -0.05) is 106 Å². The standard InChI is InChI=1S/C18H28.2C5H12/c1-11-9-17-13(3)15-7-5-6-8-16(15)14(4)18(17)10-12(11)2;2*1-5(2,3)4/h5-6,11-14,17-18H,7-10H2,1-4H3;2*1-4H3. The third kappa shape index (κ3) is 8.46. The number of hydrogen-bond donors (Lipinski definition) is 0. The van der Waals surface area contributed by atoms with Gasteiger partial charge in [0.25, 0.3) is 0 Å². The smallest absolute Gasteiger partial charge is 0.0133 e. The largest absolute Gasteiger partial charge is 0.0841 e. The Morgan fingerprint density at radius 1 is 0.571 bits per heavy atom. The quantitative estimate of drug-likeness (QED) is 0.362. The molecule has 0 bridgehead atoms. The van der Waals surface area contributed by atoms with E-state index < -0.39 is 0 Å². The summed E-state index contributed by atoms with van der Waals surface area (Å²) >= 11 is 0. The highest BCUT2D eigenvalue weighted by Crippen LogP contribution is 2.53. The van der Waals surface area contributed by atoms with Gasteiger partial charge in [-0.2, -0.15) is 0 Å². The second kappa shape index (κ2) is 9.99. The van der Waals surface area contributed by atoms with E-state index in [1.54, 1.807) is 0 Å². The first kappa shape index (κ1) is 25.5. The highest BCUT2D eigenvalue weighted by molar-refractivity contribution is 5.31. The summed E-state index contributed by atoms with van der Waals surface area (Å²) in [6.07, 6.45) is 10.2. The van der Waals surface area contributed by atoms with Gasteiger partial charge in [0.2, 0.25) is 0 Å². The Labute approximate surface area is 178 Å². The van der Waals surface area contributed by atoms with E-state index in [1.165, 1.54) is 25.7 Å². The highest BCUT2D eigenvalue weighted by atomic mass is 14.5. The minimum atomic E-state index is 0.500. The maximum atomic E-state index is 2.51. The molecule has 0 nitrogen and oxygen atoms in total. The fourth-order valence-corrected chi connectivity index (χ4v) is 4.98. The van der Waals surface area contributed by atoms with E-state index >= 15 is 0 Å². The van der Waals surface area contributed by atoms with Crippen molar-refractivity contribution in [2.45, 2.75) is 109 Å². The Morgan fingerprint density at radius 2 is 0.821 bits per heavy atom. The number of hydrogen-bond acceptors (Lipinski definition) is 0. The molecular weight excluding hydrogens is 336 g/mol. The fraction of sp³-hybridized carbons (Fsp3) is 0.857. The highest BCUT2D eigenvalue weighted by Gasteiger charge is 2.44. The molecule has 0 amide bonds. The molecule has 0 spiro atoms. The average molecular weight is 389 g/mol. The van der Waals surface area contributed by atoms with Crippen molar-refractivity contribution in [2.75, 3.05) is 0 Å². The van der Waals surface area contributed by atoms with Crippen LogP contribution in [0, 0.1) is 46.3 Å². The number of allylic oxidation sites excluding steroid dienone is 4. The summed E-state index contributed by atoms with van der Waals surface area (Å²) in [4.78, 5) is 0. The molecule has 0 radical (unpaired) electrons. The zero-order chi connectivity index (χ0) is 21.9. The average Bonchev–Trinajstić information content (AvgIpc) is 2.51. The van der Waals surface area contributed by atoms with E-state index in [-0.39, 0.29) is 0 Å². The van der Waals surface area contributed by atoms with Crippen LogP contribution in [-0.4, -0.2) is 0 Å². The second-order valence-corrected chi connectivity index (χ2v) is 13.3. The molecule has 3 aliphatic rings. The molecular formula is C28H52. The second-order valence-electron chi connectivity index (χ2n) is 13.3. The van der Waals surface area contributed by atoms with Crippen molar-refractivity contribution < 1.29 is 0 Å². The van der Waals surface area contributed by atoms with Crippen LogP contribution in [0.25, 0.3) is 0 Å². The lowest BCUT2D eigenvalue weighted by atomic mass is 9.55. The van der Waals surface area contributed by atoms with Crippen LogP contribution >= 0.6 is 0 Å². The summed E-state index contributed by atoms with van der Waals surface area (Å²) in [5.74, 6) is 5.50. The minimum absolute atomic E-state index is 0.500. The van der Waals surface area contributed by atoms with Gasteiger partial charge >= 0.3 is 0 Å². The number of fused-ring (bicyclic) bond motifs is 1. The van der Waals surface area contributed by atoms with Crippen LogP contribution < -0.4 is 0 Å². The third-order valence-electron chi connectivity index (χ3n) is 6.45. The van der Waals surface area contributed by atoms with Gasteiger partial charge in [-0.3, -0.25) is 0 Å². The molecule has 0 aromatic heterocycles. The SMILES string of the molecule is CC(C)(C)C.CC(C)(C)C.CC1CC2C(C)C3=C(CC=CC3)C(C)C2CC1C. The first-order valence-corrected chi connectivity index (χ1v) is 12.0. The molecule has 0 heteroatoms. The van der Waals surface area contributed by atoms with Crippen molar-refractivity contribution in [1.29, 1.82) is 0 Å². The normalized spacial score (nSPS) is 35.0. The van der Waals surface area contributed by atoms with Crippen molar-refractivity contribution in [3.8, 4) is 0 Å². The van der Waals surface area contributed by atoms with Crippen LogP contribution in [0.15, 0.2) is 23.3 Å². The zero-order valence-corrected chi connectivity index (χ0v) is 21.4. The van der Waals surface area contributed by atoms with Crippen LogP contribution in [0.4, 0.5) is 0 Å². The van der Waals surface area contributed by atoms with E-state index in [9.17, 15) is 0 Å². The molecule has 0 heterocycles. The minimum Gasteiger partial charge on any atom is -0.0841 e. The maximum Gasteiger partial charge on any atom is -0.0133 e. The van der Waals surface area contributed by atoms with E-state index in [1.807, 2.05) is 11.1 Å². The molecule has 28 heavy (non-hydrogen) atoms. The van der Waals surface area contributed by atoms with Gasteiger partial charge in [0, 0.05) is 0 Å². The summed E-state index contributed by atoms with van der Waals surface area (Å²) in [5.41, 5.74) is 4.63. The molecule has 1 fully saturated rings. The molecule has 1 saturated carbocycles. The maximum absolute atomic E-state index is 2.51. The Hall–Kier alpha value is -0.520. The van der Waals surface area contributed by atoms with E-state index in [2.05, 4.69) is 95.2 Å². The molecule has 3 rings (SSSR count). The van der Waals surface area contributed by atoms with E-state index in [4.69, 9.17) is 0 Å². The summed E-state index contributed by atoms with van der Waals surface area (Å²) in [6, 6.07) is 0. The lowest BCUT2D eigenvalue weighted by Gasteiger charge is -2.50. The van der Waals surface area contributed by atoms with Crippen LogP contribution in [-0.2, 0) is 0 Å². The molecule has 6 atom stereocenters. The topological polar surface area (TPSA) is 0 Å². The third-order valence-corrected chi connectivity index (χ3v) is 6.45. The van der Waals surface area contributed by atoms with Crippen molar-refractivity contribution in [3.63, 3.8) is 0 Å². The van der Waals surface area contributed by atoms with Gasteiger partial charge in [0.15, 0.2) is 0 Å². The summed E-state index contributed by atoms with van der Waals surface area (Å²) in [5, 5.41) is 0. The van der Waals surface area contributed by atoms with Crippen molar-refractivity contribution in [1.82, 2.24) is 0 Å². The lowest BCUT2D eigenvalue weighted by molar-refractivity contribution is 0.0630. The molecule has 6 unspecified atom stereocenters. The van der Waals surface area contributed by atoms with Crippen LogP contribution in [0.2, 0.25) is 0 Å². The van der Waals surface area contributed by atoms with Gasteiger partial charge in [0.05, 0.1) is 0 Å². The monoisotopic (exact) mass is 388 g/mol. The van der Waals surface area contributed by atoms with Crippen LogP contribution in [0.3, 0.4) is 0 Å². The Balaban J connectivity index is 0.000000329. The number of rotatable bonds is 0. The zero-order valence-electron chi connectivity index (χ0n) is 21.4. The molecule has 0 aromatic carbocycles. The Bertz CT molecular complexity index is 473. The van der Waals surface area contributed by atoms with Crippen molar-refractivity contribution in [2.24, 2.45) is 46.3 Å². The van der Waals surface area contributed by atoms with E-state index in [0.717, 1.165) is 35.5 Å². The molecule has 3 aliphatic carbocycles. The first-order chi connectivity index (χ1) is 12.6. The lowest BCUT2D eigenvalue weighted by Crippen LogP contribution is -2.41. The van der Waals surface area contributed by atoms with Crippen LogP contribution in [0.5, 0.6) is 0 Å². The predicted octanol–water partition coefficient (Wildman–Crippen LogP) is 9.32. The predicted molar refractivity (Wildman–Crippen MR) is 129 cm³/mol. The first-order valence-electron chi connectivity index (χ1n) is 12.0. The van der Waals surface area contributed by atoms with Gasteiger partial charge in [-0.25, -0.2) is 0 Å². The van der Waals surface area contributed by atoms with Gasteiger partial charge in [-0.05, 0) is 72.0 Å². The molecule has 0 N–H and O–H groups in total. The Kier molecular flexibility index (Phi) is 9.11. The Morgan fingerprint density at radius 3 is 1.07 bits per heavy atom. The summed E-state index contributed by atoms with van der Waals surface area (Å²) in [6.45, 7) is 27.5. The van der Waals surface area contributed by atoms with Crippen LogP contribution in [0.1, 0.15) is 109 Å². The van der Waals surface area contributed by atoms with Gasteiger partial charge < -0.3 is 0 Å². The van der Waals surface area contributed by atoms with Gasteiger partial charge in [-0.15, -0.1) is 0 Å². The van der Waals surface area contributed by atoms with Crippen molar-refractivity contribution >= 4 is 0 Å². The summed E-state index contributed by atoms with van der Waals surface area (Å²) in [7, 11) is 0. The molecule has 164 valence electrons.